The van der Waals surface area contributed by atoms with Crippen LogP contribution in [0.1, 0.15) is 12.8 Å². The Morgan fingerprint density at radius 1 is 1.58 bits per heavy atom. The zero-order chi connectivity index (χ0) is 8.97. The lowest BCUT2D eigenvalue weighted by atomic mass is 9.97. The van der Waals surface area contributed by atoms with Gasteiger partial charge in [0.25, 0.3) is 0 Å². The molecule has 3 nitrogen and oxygen atoms in total. The first kappa shape index (κ1) is 9.99. The molecule has 70 valence electrons. The molecule has 0 radical (unpaired) electrons. The van der Waals surface area contributed by atoms with Crippen molar-refractivity contribution in [3.63, 3.8) is 0 Å². The van der Waals surface area contributed by atoms with Crippen molar-refractivity contribution >= 4 is 21.9 Å². The topological polar surface area (TPSA) is 35.5 Å². The van der Waals surface area contributed by atoms with Gasteiger partial charge in [0.05, 0.1) is 7.11 Å². The van der Waals surface area contributed by atoms with Crippen molar-refractivity contribution in [2.45, 2.75) is 17.7 Å². The fourth-order valence-electron chi connectivity index (χ4n) is 1.31. The quantitative estimate of drug-likeness (QED) is 0.537. The molecule has 0 N–H and O–H groups in total. The number of halogens is 1. The molecule has 0 aromatic heterocycles. The average Bonchev–Trinajstić information content (AvgIpc) is 2.17. The van der Waals surface area contributed by atoms with Gasteiger partial charge in [-0.3, -0.25) is 4.79 Å². The molecule has 1 fully saturated rings. The summed E-state index contributed by atoms with van der Waals surface area (Å²) in [5.74, 6) is 0.188. The highest BCUT2D eigenvalue weighted by atomic mass is 79.9. The van der Waals surface area contributed by atoms with Gasteiger partial charge >= 0.3 is 5.97 Å². The van der Waals surface area contributed by atoms with Gasteiger partial charge in [0.15, 0.2) is 0 Å². The number of rotatable bonds is 2. The van der Waals surface area contributed by atoms with Gasteiger partial charge in [-0.2, -0.15) is 0 Å². The molecule has 4 heteroatoms. The van der Waals surface area contributed by atoms with Crippen molar-refractivity contribution in [3.8, 4) is 0 Å². The molecule has 0 saturated carbocycles. The molecule has 0 spiro atoms. The SMILES string of the molecule is COC(=O)C(Br)C1CCOCC1. The van der Waals surface area contributed by atoms with Crippen LogP contribution >= 0.6 is 15.9 Å². The Kier molecular flexibility index (Phi) is 4.01. The summed E-state index contributed by atoms with van der Waals surface area (Å²) in [5.41, 5.74) is 0. The van der Waals surface area contributed by atoms with E-state index >= 15 is 0 Å². The monoisotopic (exact) mass is 236 g/mol. The third kappa shape index (κ3) is 2.45. The second-order valence-electron chi connectivity index (χ2n) is 2.87. The fourth-order valence-corrected chi connectivity index (χ4v) is 2.03. The van der Waals surface area contributed by atoms with E-state index in [1.807, 2.05) is 0 Å². The molecule has 1 atom stereocenters. The molecular formula is C8H13BrO3. The molecule has 1 aliphatic rings. The molecular weight excluding hydrogens is 224 g/mol. The normalized spacial score (nSPS) is 21.8. The van der Waals surface area contributed by atoms with Crippen LogP contribution < -0.4 is 0 Å². The van der Waals surface area contributed by atoms with E-state index in [2.05, 4.69) is 20.7 Å². The van der Waals surface area contributed by atoms with Crippen molar-refractivity contribution in [2.24, 2.45) is 5.92 Å². The molecule has 0 aliphatic carbocycles. The van der Waals surface area contributed by atoms with Crippen molar-refractivity contribution < 1.29 is 14.3 Å². The van der Waals surface area contributed by atoms with E-state index in [0.29, 0.717) is 5.92 Å². The first-order valence-electron chi connectivity index (χ1n) is 4.05. The molecule has 0 aromatic rings. The largest absolute Gasteiger partial charge is 0.468 e. The minimum atomic E-state index is -0.179. The Labute approximate surface area is 80.5 Å². The molecule has 1 aliphatic heterocycles. The lowest BCUT2D eigenvalue weighted by molar-refractivity contribution is -0.141. The third-order valence-corrected chi connectivity index (χ3v) is 3.23. The van der Waals surface area contributed by atoms with Gasteiger partial charge in [-0.1, -0.05) is 15.9 Å². The molecule has 12 heavy (non-hydrogen) atoms. The summed E-state index contributed by atoms with van der Waals surface area (Å²) in [4.78, 5) is 10.9. The van der Waals surface area contributed by atoms with Gasteiger partial charge in [-0.25, -0.2) is 0 Å². The molecule has 0 aromatic carbocycles. The van der Waals surface area contributed by atoms with Gasteiger partial charge in [-0.05, 0) is 18.8 Å². The van der Waals surface area contributed by atoms with Crippen molar-refractivity contribution in [1.29, 1.82) is 0 Å². The second-order valence-corrected chi connectivity index (χ2v) is 3.86. The van der Waals surface area contributed by atoms with Crippen molar-refractivity contribution in [3.05, 3.63) is 0 Å². The number of hydrogen-bond acceptors (Lipinski definition) is 3. The van der Waals surface area contributed by atoms with Gasteiger partial charge in [0, 0.05) is 13.2 Å². The third-order valence-electron chi connectivity index (χ3n) is 2.11. The number of hydrogen-bond donors (Lipinski definition) is 0. The predicted molar refractivity (Wildman–Crippen MR) is 48.3 cm³/mol. The Hall–Kier alpha value is -0.0900. The lowest BCUT2D eigenvalue weighted by Gasteiger charge is -2.24. The lowest BCUT2D eigenvalue weighted by Crippen LogP contribution is -2.30. The maximum Gasteiger partial charge on any atom is 0.319 e. The Morgan fingerprint density at radius 3 is 2.67 bits per heavy atom. The predicted octanol–water partition coefficient (Wildman–Crippen LogP) is 1.35. The molecule has 1 saturated heterocycles. The molecule has 0 amide bonds. The minimum absolute atomic E-state index is 0.161. The van der Waals surface area contributed by atoms with E-state index in [1.54, 1.807) is 0 Å². The number of ether oxygens (including phenoxy) is 2. The van der Waals surface area contributed by atoms with Crippen LogP contribution in [0.5, 0.6) is 0 Å². The summed E-state index contributed by atoms with van der Waals surface area (Å²) in [6, 6.07) is 0. The van der Waals surface area contributed by atoms with Crippen LogP contribution in [0.25, 0.3) is 0 Å². The first-order chi connectivity index (χ1) is 5.75. The van der Waals surface area contributed by atoms with Crippen LogP contribution in [0.3, 0.4) is 0 Å². The van der Waals surface area contributed by atoms with Crippen molar-refractivity contribution in [2.75, 3.05) is 20.3 Å². The molecule has 1 unspecified atom stereocenters. The van der Waals surface area contributed by atoms with E-state index in [-0.39, 0.29) is 10.8 Å². The van der Waals surface area contributed by atoms with E-state index < -0.39 is 0 Å². The average molecular weight is 237 g/mol. The molecule has 0 bridgehead atoms. The highest BCUT2D eigenvalue weighted by molar-refractivity contribution is 9.10. The summed E-state index contributed by atoms with van der Waals surface area (Å²) in [7, 11) is 1.41. The van der Waals surface area contributed by atoms with E-state index in [9.17, 15) is 4.79 Å². The number of alkyl halides is 1. The zero-order valence-electron chi connectivity index (χ0n) is 7.09. The highest BCUT2D eigenvalue weighted by Gasteiger charge is 2.27. The van der Waals surface area contributed by atoms with Gasteiger partial charge < -0.3 is 9.47 Å². The number of methoxy groups -OCH3 is 1. The van der Waals surface area contributed by atoms with Gasteiger partial charge in [-0.15, -0.1) is 0 Å². The maximum atomic E-state index is 11.1. The van der Waals surface area contributed by atoms with Crippen LogP contribution in [0, 0.1) is 5.92 Å². The molecule has 1 rings (SSSR count). The smallest absolute Gasteiger partial charge is 0.319 e. The van der Waals surface area contributed by atoms with Crippen LogP contribution in [0.15, 0.2) is 0 Å². The van der Waals surface area contributed by atoms with Crippen molar-refractivity contribution in [1.82, 2.24) is 0 Å². The Balaban J connectivity index is 2.39. The second kappa shape index (κ2) is 4.82. The highest BCUT2D eigenvalue weighted by Crippen LogP contribution is 2.24. The summed E-state index contributed by atoms with van der Waals surface area (Å²) in [5, 5.41) is 0. The fraction of sp³-hybridized carbons (Fsp3) is 0.875. The van der Waals surface area contributed by atoms with Gasteiger partial charge in [0.1, 0.15) is 4.83 Å². The summed E-state index contributed by atoms with van der Waals surface area (Å²) >= 11 is 3.33. The summed E-state index contributed by atoms with van der Waals surface area (Å²) < 4.78 is 9.83. The summed E-state index contributed by atoms with van der Waals surface area (Å²) in [6.07, 6.45) is 1.87. The van der Waals surface area contributed by atoms with E-state index in [4.69, 9.17) is 4.74 Å². The minimum Gasteiger partial charge on any atom is -0.468 e. The number of carbonyl (C=O) groups is 1. The van der Waals surface area contributed by atoms with E-state index in [1.165, 1.54) is 7.11 Å². The van der Waals surface area contributed by atoms with Crippen LogP contribution in [0.2, 0.25) is 0 Å². The Morgan fingerprint density at radius 2 is 2.17 bits per heavy atom. The standard InChI is InChI=1S/C8H13BrO3/c1-11-8(10)7(9)6-2-4-12-5-3-6/h6-7H,2-5H2,1H3. The van der Waals surface area contributed by atoms with E-state index in [0.717, 1.165) is 26.1 Å². The first-order valence-corrected chi connectivity index (χ1v) is 4.97. The Bertz CT molecular complexity index is 154. The molecule has 1 heterocycles. The number of esters is 1. The van der Waals surface area contributed by atoms with Crippen LogP contribution in [-0.4, -0.2) is 31.1 Å². The van der Waals surface area contributed by atoms with Crippen LogP contribution in [-0.2, 0) is 14.3 Å². The zero-order valence-corrected chi connectivity index (χ0v) is 8.67. The maximum absolute atomic E-state index is 11.1. The van der Waals surface area contributed by atoms with Gasteiger partial charge in [0.2, 0.25) is 0 Å². The number of carbonyl (C=O) groups excluding carboxylic acids is 1. The van der Waals surface area contributed by atoms with Crippen LogP contribution in [0.4, 0.5) is 0 Å². The summed E-state index contributed by atoms with van der Waals surface area (Å²) in [6.45, 7) is 1.51.